The molecule has 0 aromatic heterocycles. The number of carbonyl (C=O) groups is 1. The van der Waals surface area contributed by atoms with Crippen molar-refractivity contribution in [1.82, 2.24) is 4.90 Å². The van der Waals surface area contributed by atoms with E-state index in [0.29, 0.717) is 37.2 Å². The number of phenols is 1. The van der Waals surface area contributed by atoms with E-state index in [1.165, 1.54) is 12.1 Å². The predicted molar refractivity (Wildman–Crippen MR) is 76.2 cm³/mol. The standard InChI is InChI=1S/C14H22N2O4/c15-13-4-3-12(19)9-11(13)10-14(20)16(5-1-7-17)6-2-8-18/h3-4,9,17-19H,1-2,5-8,10,15H2. The second-order valence-corrected chi connectivity index (χ2v) is 4.60. The van der Waals surface area contributed by atoms with E-state index in [2.05, 4.69) is 0 Å². The molecule has 1 aromatic carbocycles. The van der Waals surface area contributed by atoms with Crippen LogP contribution < -0.4 is 5.73 Å². The number of phenolic OH excluding ortho intramolecular Hbond substituents is 1. The van der Waals surface area contributed by atoms with Gasteiger partial charge in [0.05, 0.1) is 6.42 Å². The second kappa shape index (κ2) is 8.39. The normalized spacial score (nSPS) is 10.5. The Morgan fingerprint density at radius 1 is 1.15 bits per heavy atom. The highest BCUT2D eigenvalue weighted by Gasteiger charge is 2.15. The van der Waals surface area contributed by atoms with Crippen molar-refractivity contribution in [3.63, 3.8) is 0 Å². The first kappa shape index (κ1) is 16.3. The van der Waals surface area contributed by atoms with Crippen molar-refractivity contribution < 1.29 is 20.1 Å². The average Bonchev–Trinajstić information content (AvgIpc) is 2.43. The number of nitrogens with zero attached hydrogens (tertiary/aromatic N) is 1. The highest BCUT2D eigenvalue weighted by Crippen LogP contribution is 2.19. The van der Waals surface area contributed by atoms with Crippen LogP contribution in [-0.4, -0.2) is 52.4 Å². The summed E-state index contributed by atoms with van der Waals surface area (Å²) < 4.78 is 0. The number of benzene rings is 1. The second-order valence-electron chi connectivity index (χ2n) is 4.60. The Labute approximate surface area is 118 Å². The van der Waals surface area contributed by atoms with Crippen molar-refractivity contribution in [3.05, 3.63) is 23.8 Å². The summed E-state index contributed by atoms with van der Waals surface area (Å²) >= 11 is 0. The van der Waals surface area contributed by atoms with Crippen LogP contribution in [0.3, 0.4) is 0 Å². The lowest BCUT2D eigenvalue weighted by Gasteiger charge is -2.22. The molecule has 0 aliphatic heterocycles. The molecule has 6 heteroatoms. The van der Waals surface area contributed by atoms with Gasteiger partial charge in [0.15, 0.2) is 0 Å². The summed E-state index contributed by atoms with van der Waals surface area (Å²) in [4.78, 5) is 13.8. The molecule has 0 spiro atoms. The van der Waals surface area contributed by atoms with Crippen LogP contribution in [0.4, 0.5) is 5.69 Å². The van der Waals surface area contributed by atoms with Gasteiger partial charge in [0.1, 0.15) is 5.75 Å². The number of aliphatic hydroxyl groups excluding tert-OH is 2. The number of amides is 1. The van der Waals surface area contributed by atoms with Crippen molar-refractivity contribution >= 4 is 11.6 Å². The van der Waals surface area contributed by atoms with Crippen molar-refractivity contribution in [3.8, 4) is 5.75 Å². The van der Waals surface area contributed by atoms with Crippen molar-refractivity contribution in [2.75, 3.05) is 32.0 Å². The first-order chi connectivity index (χ1) is 9.58. The third-order valence-corrected chi connectivity index (χ3v) is 2.99. The van der Waals surface area contributed by atoms with Gasteiger partial charge in [-0.2, -0.15) is 0 Å². The summed E-state index contributed by atoms with van der Waals surface area (Å²) in [5, 5.41) is 27.1. The number of hydrogen-bond donors (Lipinski definition) is 4. The molecule has 1 aromatic rings. The van der Waals surface area contributed by atoms with Gasteiger partial charge in [-0.3, -0.25) is 4.79 Å². The highest BCUT2D eigenvalue weighted by molar-refractivity contribution is 5.80. The van der Waals surface area contributed by atoms with Crippen molar-refractivity contribution in [1.29, 1.82) is 0 Å². The molecule has 0 saturated carbocycles. The minimum atomic E-state index is -0.135. The fourth-order valence-electron chi connectivity index (χ4n) is 1.90. The fraction of sp³-hybridized carbons (Fsp3) is 0.500. The summed E-state index contributed by atoms with van der Waals surface area (Å²) in [6.07, 6.45) is 1.08. The topological polar surface area (TPSA) is 107 Å². The average molecular weight is 282 g/mol. The van der Waals surface area contributed by atoms with Crippen LogP contribution in [-0.2, 0) is 11.2 Å². The van der Waals surface area contributed by atoms with Gasteiger partial charge in [-0.25, -0.2) is 0 Å². The summed E-state index contributed by atoms with van der Waals surface area (Å²) in [7, 11) is 0. The molecule has 0 unspecified atom stereocenters. The molecule has 0 aliphatic carbocycles. The van der Waals surface area contributed by atoms with Crippen molar-refractivity contribution in [2.24, 2.45) is 0 Å². The molecular formula is C14H22N2O4. The summed E-state index contributed by atoms with van der Waals surface area (Å²) in [6, 6.07) is 4.51. The molecular weight excluding hydrogens is 260 g/mol. The molecule has 5 N–H and O–H groups in total. The monoisotopic (exact) mass is 282 g/mol. The van der Waals surface area contributed by atoms with Gasteiger partial charge in [-0.15, -0.1) is 0 Å². The molecule has 6 nitrogen and oxygen atoms in total. The Kier molecular flexibility index (Phi) is 6.83. The third-order valence-electron chi connectivity index (χ3n) is 2.99. The molecule has 0 aliphatic rings. The fourth-order valence-corrected chi connectivity index (χ4v) is 1.90. The molecule has 0 atom stereocenters. The maximum absolute atomic E-state index is 12.2. The first-order valence-corrected chi connectivity index (χ1v) is 6.65. The Morgan fingerprint density at radius 3 is 2.30 bits per heavy atom. The number of carbonyl (C=O) groups excluding carboxylic acids is 1. The van der Waals surface area contributed by atoms with Crippen LogP contribution in [0.5, 0.6) is 5.75 Å². The van der Waals surface area contributed by atoms with E-state index in [-0.39, 0.29) is 31.3 Å². The number of hydrogen-bond acceptors (Lipinski definition) is 5. The predicted octanol–water partition coefficient (Wildman–Crippen LogP) is 0.110. The van der Waals surface area contributed by atoms with E-state index < -0.39 is 0 Å². The van der Waals surface area contributed by atoms with E-state index in [1.54, 1.807) is 11.0 Å². The highest BCUT2D eigenvalue weighted by atomic mass is 16.3. The molecule has 0 fully saturated rings. The minimum Gasteiger partial charge on any atom is -0.508 e. The largest absolute Gasteiger partial charge is 0.508 e. The number of anilines is 1. The van der Waals surface area contributed by atoms with E-state index in [9.17, 15) is 9.90 Å². The molecule has 112 valence electrons. The van der Waals surface area contributed by atoms with Crippen LogP contribution in [0.25, 0.3) is 0 Å². The Balaban J connectivity index is 2.70. The lowest BCUT2D eigenvalue weighted by molar-refractivity contribution is -0.130. The van der Waals surface area contributed by atoms with Crippen molar-refractivity contribution in [2.45, 2.75) is 19.3 Å². The van der Waals surface area contributed by atoms with Gasteiger partial charge in [0.2, 0.25) is 5.91 Å². The van der Waals surface area contributed by atoms with Gasteiger partial charge in [0.25, 0.3) is 0 Å². The lowest BCUT2D eigenvalue weighted by Crippen LogP contribution is -2.35. The first-order valence-electron chi connectivity index (χ1n) is 6.65. The van der Waals surface area contributed by atoms with Gasteiger partial charge in [-0.1, -0.05) is 0 Å². The van der Waals surface area contributed by atoms with Gasteiger partial charge < -0.3 is 26.0 Å². The molecule has 0 bridgehead atoms. The van der Waals surface area contributed by atoms with Gasteiger partial charge >= 0.3 is 0 Å². The third kappa shape index (κ3) is 5.07. The van der Waals surface area contributed by atoms with Crippen LogP contribution in [0.1, 0.15) is 18.4 Å². The van der Waals surface area contributed by atoms with Gasteiger partial charge in [-0.05, 0) is 36.6 Å². The smallest absolute Gasteiger partial charge is 0.227 e. The zero-order valence-corrected chi connectivity index (χ0v) is 11.5. The van der Waals surface area contributed by atoms with Gasteiger partial charge in [0, 0.05) is 32.0 Å². The molecule has 20 heavy (non-hydrogen) atoms. The van der Waals surface area contributed by atoms with Crippen LogP contribution >= 0.6 is 0 Å². The van der Waals surface area contributed by atoms with Crippen LogP contribution in [0, 0.1) is 0 Å². The maximum Gasteiger partial charge on any atom is 0.227 e. The minimum absolute atomic E-state index is 0.0111. The van der Waals surface area contributed by atoms with E-state index >= 15 is 0 Å². The summed E-state index contributed by atoms with van der Waals surface area (Å²) in [5.41, 5.74) is 6.81. The quantitative estimate of drug-likeness (QED) is 0.400. The molecule has 1 amide bonds. The lowest BCUT2D eigenvalue weighted by atomic mass is 10.1. The molecule has 0 saturated heterocycles. The number of nitrogens with two attached hydrogens (primary N) is 1. The summed E-state index contributed by atoms with van der Waals surface area (Å²) in [5.74, 6) is -0.0662. The number of rotatable bonds is 8. The van der Waals surface area contributed by atoms with E-state index in [0.717, 1.165) is 0 Å². The van der Waals surface area contributed by atoms with Crippen LogP contribution in [0.2, 0.25) is 0 Å². The SMILES string of the molecule is Nc1ccc(O)cc1CC(=O)N(CCCO)CCCO. The Morgan fingerprint density at radius 2 is 1.75 bits per heavy atom. The Hall–Kier alpha value is -1.79. The number of aliphatic hydroxyl groups is 2. The Bertz CT molecular complexity index is 429. The zero-order valence-electron chi connectivity index (χ0n) is 11.5. The number of aromatic hydroxyl groups is 1. The molecule has 0 heterocycles. The van der Waals surface area contributed by atoms with Crippen LogP contribution in [0.15, 0.2) is 18.2 Å². The number of nitrogen functional groups attached to an aromatic ring is 1. The van der Waals surface area contributed by atoms with E-state index in [4.69, 9.17) is 15.9 Å². The molecule has 0 radical (unpaired) electrons. The zero-order chi connectivity index (χ0) is 15.0. The summed E-state index contributed by atoms with van der Waals surface area (Å²) in [6.45, 7) is 0.899. The maximum atomic E-state index is 12.2. The van der Waals surface area contributed by atoms with E-state index in [1.807, 2.05) is 0 Å². The molecule has 1 rings (SSSR count).